The van der Waals surface area contributed by atoms with Gasteiger partial charge in [-0.2, -0.15) is 0 Å². The first-order valence-electron chi connectivity index (χ1n) is 13.0. The van der Waals surface area contributed by atoms with Gasteiger partial charge in [-0.15, -0.1) is 0 Å². The largest absolute Gasteiger partial charge is 0.352 e. The molecule has 1 aliphatic heterocycles. The zero-order valence-corrected chi connectivity index (χ0v) is 21.2. The van der Waals surface area contributed by atoms with Gasteiger partial charge in [0.2, 0.25) is 11.8 Å². The van der Waals surface area contributed by atoms with Crippen molar-refractivity contribution in [3.8, 4) is 0 Å². The summed E-state index contributed by atoms with van der Waals surface area (Å²) in [4.78, 5) is 54.9. The van der Waals surface area contributed by atoms with Crippen molar-refractivity contribution in [1.82, 2.24) is 15.1 Å². The number of imide groups is 1. The van der Waals surface area contributed by atoms with Crippen molar-refractivity contribution >= 4 is 23.6 Å². The lowest BCUT2D eigenvalue weighted by Gasteiger charge is -2.32. The smallest absolute Gasteiger partial charge is 0.261 e. The average molecular weight is 490 g/mol. The normalized spacial score (nSPS) is 16.2. The number of amides is 4. The predicted molar refractivity (Wildman–Crippen MR) is 137 cm³/mol. The van der Waals surface area contributed by atoms with Gasteiger partial charge >= 0.3 is 0 Å². The minimum absolute atomic E-state index is 0.106. The summed E-state index contributed by atoms with van der Waals surface area (Å²) in [6, 6.07) is 14.3. The minimum atomic E-state index is -0.571. The molecular formula is C29H35N3O4. The lowest BCUT2D eigenvalue weighted by molar-refractivity contribution is -0.141. The summed E-state index contributed by atoms with van der Waals surface area (Å²) in [5.74, 6) is -0.892. The molecule has 1 aliphatic carbocycles. The molecule has 1 fully saturated rings. The van der Waals surface area contributed by atoms with Crippen LogP contribution >= 0.6 is 0 Å². The topological polar surface area (TPSA) is 86.8 Å². The Morgan fingerprint density at radius 2 is 1.69 bits per heavy atom. The molecule has 0 saturated heterocycles. The van der Waals surface area contributed by atoms with Gasteiger partial charge in [-0.05, 0) is 50.3 Å². The summed E-state index contributed by atoms with van der Waals surface area (Å²) in [6.45, 7) is 4.43. The van der Waals surface area contributed by atoms with Crippen molar-refractivity contribution in [2.24, 2.45) is 0 Å². The van der Waals surface area contributed by atoms with E-state index in [1.807, 2.05) is 38.1 Å². The highest BCUT2D eigenvalue weighted by Crippen LogP contribution is 2.23. The molecule has 7 nitrogen and oxygen atoms in total. The van der Waals surface area contributed by atoms with Gasteiger partial charge in [-0.1, -0.05) is 61.7 Å². The van der Waals surface area contributed by atoms with Gasteiger partial charge in [0.25, 0.3) is 11.8 Å². The van der Waals surface area contributed by atoms with Crippen LogP contribution in [0.15, 0.2) is 48.5 Å². The van der Waals surface area contributed by atoms with Gasteiger partial charge in [0.1, 0.15) is 6.04 Å². The third kappa shape index (κ3) is 5.66. The van der Waals surface area contributed by atoms with Crippen molar-refractivity contribution in [2.45, 2.75) is 77.4 Å². The number of nitrogens with zero attached hydrogens (tertiary/aromatic N) is 2. The highest BCUT2D eigenvalue weighted by atomic mass is 16.2. The van der Waals surface area contributed by atoms with Gasteiger partial charge < -0.3 is 10.2 Å². The molecule has 4 amide bonds. The van der Waals surface area contributed by atoms with E-state index in [4.69, 9.17) is 0 Å². The molecule has 0 radical (unpaired) electrons. The number of carbonyl (C=O) groups is 4. The summed E-state index contributed by atoms with van der Waals surface area (Å²) < 4.78 is 0. The van der Waals surface area contributed by atoms with Crippen LogP contribution in [0.2, 0.25) is 0 Å². The number of benzene rings is 2. The molecule has 0 spiro atoms. The van der Waals surface area contributed by atoms with E-state index in [9.17, 15) is 19.2 Å². The molecule has 0 bridgehead atoms. The summed E-state index contributed by atoms with van der Waals surface area (Å²) in [5.41, 5.74) is 2.87. The summed E-state index contributed by atoms with van der Waals surface area (Å²) in [6.07, 6.45) is 5.19. The first-order valence-corrected chi connectivity index (χ1v) is 13.0. The van der Waals surface area contributed by atoms with E-state index < -0.39 is 6.04 Å². The minimum Gasteiger partial charge on any atom is -0.352 e. The summed E-state index contributed by atoms with van der Waals surface area (Å²) in [7, 11) is 0. The fourth-order valence-corrected chi connectivity index (χ4v) is 5.27. The third-order valence-corrected chi connectivity index (χ3v) is 7.17. The highest BCUT2D eigenvalue weighted by Gasteiger charge is 2.35. The molecule has 2 aromatic carbocycles. The molecule has 1 saturated carbocycles. The second-order valence-corrected chi connectivity index (χ2v) is 9.84. The fraction of sp³-hybridized carbons (Fsp3) is 0.448. The number of fused-ring (bicyclic) bond motifs is 1. The number of aryl methyl sites for hydroxylation is 1. The molecule has 2 aromatic rings. The van der Waals surface area contributed by atoms with Crippen molar-refractivity contribution in [3.63, 3.8) is 0 Å². The van der Waals surface area contributed by atoms with Gasteiger partial charge in [0.05, 0.1) is 11.1 Å². The number of rotatable bonds is 10. The molecule has 1 atom stereocenters. The molecule has 2 aliphatic rings. The summed E-state index contributed by atoms with van der Waals surface area (Å²) >= 11 is 0. The van der Waals surface area contributed by atoms with Crippen LogP contribution in [0.1, 0.15) is 83.7 Å². The van der Waals surface area contributed by atoms with Gasteiger partial charge in [-0.25, -0.2) is 0 Å². The lowest BCUT2D eigenvalue weighted by atomic mass is 10.1. The zero-order valence-electron chi connectivity index (χ0n) is 21.2. The second kappa shape index (κ2) is 11.5. The molecule has 4 rings (SSSR count). The van der Waals surface area contributed by atoms with E-state index in [2.05, 4.69) is 5.32 Å². The Kier molecular flexibility index (Phi) is 8.18. The molecule has 1 heterocycles. The molecule has 1 N–H and O–H groups in total. The SMILES string of the molecule is CC[C@@H](C(=O)NC1CCCC1)N(Cc1cccc(C)c1)C(=O)CCCN1C(=O)c2ccccc2C1=O. The van der Waals surface area contributed by atoms with Crippen molar-refractivity contribution in [2.75, 3.05) is 6.54 Å². The van der Waals surface area contributed by atoms with Crippen LogP contribution in [-0.2, 0) is 16.1 Å². The predicted octanol–water partition coefficient (Wildman–Crippen LogP) is 4.24. The maximum absolute atomic E-state index is 13.5. The monoisotopic (exact) mass is 489 g/mol. The van der Waals surface area contributed by atoms with Crippen LogP contribution in [0.4, 0.5) is 0 Å². The maximum atomic E-state index is 13.5. The standard InChI is InChI=1S/C29H35N3O4/c1-3-25(27(34)30-22-12-4-5-13-22)32(19-21-11-8-10-20(2)18-21)26(33)16-9-17-31-28(35)23-14-6-7-15-24(23)29(31)36/h6-8,10-11,14-15,18,22,25H,3-5,9,12-13,16-17,19H2,1-2H3,(H,30,34)/t25-/m0/s1. The first kappa shape index (κ1) is 25.6. The Labute approximate surface area is 212 Å². The second-order valence-electron chi connectivity index (χ2n) is 9.84. The van der Waals surface area contributed by atoms with E-state index in [1.54, 1.807) is 29.2 Å². The Morgan fingerprint density at radius 3 is 2.31 bits per heavy atom. The van der Waals surface area contributed by atoms with Crippen LogP contribution in [0.5, 0.6) is 0 Å². The molecule has 7 heteroatoms. The number of carbonyl (C=O) groups excluding carboxylic acids is 4. The van der Waals surface area contributed by atoms with Crippen LogP contribution in [-0.4, -0.2) is 52.1 Å². The first-order chi connectivity index (χ1) is 17.4. The lowest BCUT2D eigenvalue weighted by Crippen LogP contribution is -2.51. The Balaban J connectivity index is 1.44. The number of hydrogen-bond donors (Lipinski definition) is 1. The van der Waals surface area contributed by atoms with Crippen molar-refractivity contribution < 1.29 is 19.2 Å². The van der Waals surface area contributed by atoms with Gasteiger partial charge in [-0.3, -0.25) is 24.1 Å². The van der Waals surface area contributed by atoms with E-state index in [1.165, 1.54) is 4.90 Å². The van der Waals surface area contributed by atoms with Crippen LogP contribution in [0.25, 0.3) is 0 Å². The van der Waals surface area contributed by atoms with E-state index in [-0.39, 0.29) is 42.6 Å². The zero-order chi connectivity index (χ0) is 25.7. The van der Waals surface area contributed by atoms with Gasteiger partial charge in [0.15, 0.2) is 0 Å². The fourth-order valence-electron chi connectivity index (χ4n) is 5.27. The Bertz CT molecular complexity index is 1100. The van der Waals surface area contributed by atoms with Crippen LogP contribution in [0, 0.1) is 6.92 Å². The average Bonchev–Trinajstić information content (AvgIpc) is 3.46. The molecule has 190 valence electrons. The van der Waals surface area contributed by atoms with Crippen LogP contribution < -0.4 is 5.32 Å². The third-order valence-electron chi connectivity index (χ3n) is 7.17. The maximum Gasteiger partial charge on any atom is 0.261 e. The molecule has 36 heavy (non-hydrogen) atoms. The van der Waals surface area contributed by atoms with E-state index in [0.29, 0.717) is 30.5 Å². The Morgan fingerprint density at radius 1 is 1.03 bits per heavy atom. The van der Waals surface area contributed by atoms with Crippen LogP contribution in [0.3, 0.4) is 0 Å². The molecular weight excluding hydrogens is 454 g/mol. The Hall–Kier alpha value is -3.48. The van der Waals surface area contributed by atoms with E-state index >= 15 is 0 Å². The molecule has 0 unspecified atom stereocenters. The summed E-state index contributed by atoms with van der Waals surface area (Å²) in [5, 5.41) is 3.15. The van der Waals surface area contributed by atoms with Crippen molar-refractivity contribution in [1.29, 1.82) is 0 Å². The number of nitrogens with one attached hydrogen (secondary N) is 1. The highest BCUT2D eigenvalue weighted by molar-refractivity contribution is 6.21. The quantitative estimate of drug-likeness (QED) is 0.506. The molecule has 0 aromatic heterocycles. The van der Waals surface area contributed by atoms with Crippen molar-refractivity contribution in [3.05, 3.63) is 70.8 Å². The van der Waals surface area contributed by atoms with Gasteiger partial charge in [0, 0.05) is 25.6 Å². The number of hydrogen-bond acceptors (Lipinski definition) is 4. The van der Waals surface area contributed by atoms with E-state index in [0.717, 1.165) is 36.8 Å².